The quantitative estimate of drug-likeness (QED) is 0.115. The molecular formula is C41H43FN6O5Si. The highest BCUT2D eigenvalue weighted by Gasteiger charge is 2.66. The molecule has 0 aliphatic carbocycles. The molecule has 54 heavy (non-hydrogen) atoms. The number of aliphatic hydroxyl groups excluding tert-OH is 1. The van der Waals surface area contributed by atoms with E-state index in [1.807, 2.05) is 104 Å². The molecule has 0 saturated carbocycles. The molecule has 1 spiro atoms. The van der Waals surface area contributed by atoms with Crippen LogP contribution in [-0.4, -0.2) is 64.0 Å². The van der Waals surface area contributed by atoms with Crippen LogP contribution in [0.25, 0.3) is 16.6 Å². The number of carbonyl (C=O) groups is 1. The molecule has 0 radical (unpaired) electrons. The van der Waals surface area contributed by atoms with Crippen molar-refractivity contribution in [1.82, 2.24) is 24.8 Å². The van der Waals surface area contributed by atoms with E-state index in [0.29, 0.717) is 46.7 Å². The number of aliphatic hydroxyl groups is 1. The van der Waals surface area contributed by atoms with Crippen molar-refractivity contribution in [2.75, 3.05) is 18.6 Å². The number of benzene rings is 4. The number of rotatable bonds is 11. The van der Waals surface area contributed by atoms with Gasteiger partial charge in [0.25, 0.3) is 11.5 Å². The van der Waals surface area contributed by atoms with Crippen LogP contribution < -0.4 is 15.2 Å². The second kappa shape index (κ2) is 13.8. The SMILES string of the molecule is COc1ccc2c(c1)[C@]1(O[C@@H](CCn3cc(C(CO)c4ccccc4)nn3)[C@H]([Si](C)(C)F)[C@H]1C)C(=O)N2Cc1ccc(-n2[nH]c3ccccc3c2=O)cc1. The van der Waals surface area contributed by atoms with Gasteiger partial charge in [-0.15, -0.1) is 5.10 Å². The topological polar surface area (TPSA) is 127 Å². The van der Waals surface area contributed by atoms with E-state index >= 15 is 4.11 Å². The summed E-state index contributed by atoms with van der Waals surface area (Å²) in [5.74, 6) is -0.457. The summed E-state index contributed by atoms with van der Waals surface area (Å²) < 4.78 is 32.3. The summed E-state index contributed by atoms with van der Waals surface area (Å²) in [4.78, 5) is 29.7. The summed E-state index contributed by atoms with van der Waals surface area (Å²) in [5.41, 5.74) is 3.16. The van der Waals surface area contributed by atoms with E-state index in [2.05, 4.69) is 15.4 Å². The van der Waals surface area contributed by atoms with Gasteiger partial charge in [0, 0.05) is 29.8 Å². The zero-order valence-electron chi connectivity index (χ0n) is 30.6. The number of nitrogens with one attached hydrogen (secondary N) is 1. The van der Waals surface area contributed by atoms with Crippen LogP contribution in [0.4, 0.5) is 9.80 Å². The normalized spacial score (nSPS) is 21.6. The van der Waals surface area contributed by atoms with Gasteiger partial charge in [-0.3, -0.25) is 19.4 Å². The van der Waals surface area contributed by atoms with Gasteiger partial charge in [-0.1, -0.05) is 66.7 Å². The summed E-state index contributed by atoms with van der Waals surface area (Å²) in [6, 6.07) is 30.1. The first-order chi connectivity index (χ1) is 26.0. The Hall–Kier alpha value is -5.37. The first-order valence-electron chi connectivity index (χ1n) is 18.3. The number of para-hydroxylation sites is 1. The molecule has 2 N–H and O–H groups in total. The van der Waals surface area contributed by atoms with Crippen molar-refractivity contribution in [2.24, 2.45) is 5.92 Å². The highest BCUT2D eigenvalue weighted by atomic mass is 28.4. The van der Waals surface area contributed by atoms with Crippen LogP contribution >= 0.6 is 0 Å². The molecule has 5 atom stereocenters. The number of aromatic nitrogens is 5. The number of anilines is 1. The highest BCUT2D eigenvalue weighted by molar-refractivity contribution is 6.72. The lowest BCUT2D eigenvalue weighted by atomic mass is 9.82. The van der Waals surface area contributed by atoms with Gasteiger partial charge in [0.05, 0.1) is 60.3 Å². The number of methoxy groups -OCH3 is 1. The van der Waals surface area contributed by atoms with E-state index in [9.17, 15) is 14.7 Å². The predicted octanol–water partition coefficient (Wildman–Crippen LogP) is 6.46. The molecule has 278 valence electrons. The summed E-state index contributed by atoms with van der Waals surface area (Å²) in [6.07, 6.45) is 1.66. The Morgan fingerprint density at radius 2 is 1.76 bits per heavy atom. The van der Waals surface area contributed by atoms with Crippen LogP contribution in [0.15, 0.2) is 108 Å². The predicted molar refractivity (Wildman–Crippen MR) is 206 cm³/mol. The maximum absolute atomic E-state index is 16.5. The Labute approximate surface area is 313 Å². The number of ether oxygens (including phenoxy) is 2. The molecule has 0 bridgehead atoms. The average molecular weight is 747 g/mol. The summed E-state index contributed by atoms with van der Waals surface area (Å²) in [6.45, 7) is 5.84. The number of aryl methyl sites for hydroxylation is 1. The first-order valence-corrected chi connectivity index (χ1v) is 21.2. The van der Waals surface area contributed by atoms with Crippen molar-refractivity contribution >= 4 is 30.9 Å². The summed E-state index contributed by atoms with van der Waals surface area (Å²) >= 11 is 0. The van der Waals surface area contributed by atoms with Crippen LogP contribution in [-0.2, 0) is 28.2 Å². The van der Waals surface area contributed by atoms with Crippen LogP contribution in [0.1, 0.15) is 41.6 Å². The van der Waals surface area contributed by atoms with E-state index < -0.39 is 31.6 Å². The molecule has 2 aromatic heterocycles. The Bertz CT molecular complexity index is 2370. The van der Waals surface area contributed by atoms with Gasteiger partial charge in [-0.05, 0) is 73.1 Å². The second-order valence-electron chi connectivity index (χ2n) is 14.9. The van der Waals surface area contributed by atoms with Gasteiger partial charge >= 0.3 is 0 Å². The fourth-order valence-electron chi connectivity index (χ4n) is 8.65. The summed E-state index contributed by atoms with van der Waals surface area (Å²) in [5, 5.41) is 22.7. The molecule has 4 heterocycles. The zero-order chi connectivity index (χ0) is 37.8. The van der Waals surface area contributed by atoms with Crippen molar-refractivity contribution in [2.45, 2.75) is 62.7 Å². The van der Waals surface area contributed by atoms with Crippen LogP contribution in [0.2, 0.25) is 18.6 Å². The van der Waals surface area contributed by atoms with Gasteiger partial charge in [-0.2, -0.15) is 0 Å². The van der Waals surface area contributed by atoms with Crippen molar-refractivity contribution in [3.8, 4) is 11.4 Å². The minimum absolute atomic E-state index is 0.117. The number of halogens is 1. The van der Waals surface area contributed by atoms with E-state index in [0.717, 1.165) is 16.6 Å². The van der Waals surface area contributed by atoms with Gasteiger partial charge in [0.2, 0.25) is 8.41 Å². The van der Waals surface area contributed by atoms with Gasteiger partial charge in [-0.25, -0.2) is 4.68 Å². The third-order valence-corrected chi connectivity index (χ3v) is 13.7. The maximum Gasteiger partial charge on any atom is 0.279 e. The number of hydrogen-bond acceptors (Lipinski definition) is 7. The Morgan fingerprint density at radius 1 is 1.02 bits per heavy atom. The number of fused-ring (bicyclic) bond motifs is 3. The highest BCUT2D eigenvalue weighted by Crippen LogP contribution is 2.60. The number of amides is 1. The lowest BCUT2D eigenvalue weighted by molar-refractivity contribution is -0.146. The number of nitrogens with zero attached hydrogens (tertiary/aromatic N) is 5. The molecule has 4 aromatic carbocycles. The van der Waals surface area contributed by atoms with Crippen molar-refractivity contribution < 1.29 is 23.5 Å². The molecule has 8 rings (SSSR count). The minimum atomic E-state index is -3.41. The molecule has 1 amide bonds. The average Bonchev–Trinajstić information content (AvgIpc) is 3.92. The van der Waals surface area contributed by atoms with Crippen LogP contribution in [0.5, 0.6) is 5.75 Å². The van der Waals surface area contributed by atoms with Crippen molar-refractivity contribution in [3.05, 3.63) is 136 Å². The Kier molecular flexibility index (Phi) is 9.11. The largest absolute Gasteiger partial charge is 0.497 e. The van der Waals surface area contributed by atoms with Crippen LogP contribution in [0, 0.1) is 5.92 Å². The van der Waals surface area contributed by atoms with Crippen molar-refractivity contribution in [1.29, 1.82) is 0 Å². The van der Waals surface area contributed by atoms with E-state index in [1.165, 1.54) is 4.68 Å². The molecule has 2 aliphatic rings. The van der Waals surface area contributed by atoms with E-state index in [1.54, 1.807) is 35.9 Å². The van der Waals surface area contributed by atoms with Gasteiger partial charge in [0.15, 0.2) is 5.60 Å². The zero-order valence-corrected chi connectivity index (χ0v) is 31.6. The molecule has 1 fully saturated rings. The molecule has 13 heteroatoms. The molecule has 11 nitrogen and oxygen atoms in total. The smallest absolute Gasteiger partial charge is 0.279 e. The first kappa shape index (κ1) is 35.6. The Morgan fingerprint density at radius 3 is 2.46 bits per heavy atom. The van der Waals surface area contributed by atoms with Gasteiger partial charge < -0.3 is 23.6 Å². The van der Waals surface area contributed by atoms with Gasteiger partial charge in [0.1, 0.15) is 5.75 Å². The fourth-order valence-corrected chi connectivity index (χ4v) is 11.2. The third kappa shape index (κ3) is 5.96. The minimum Gasteiger partial charge on any atom is -0.497 e. The second-order valence-corrected chi connectivity index (χ2v) is 18.6. The standard InChI is InChI=1S/C41H43FN6O5Si/c1-26-38(54(3,4)42)37(20-21-46-24-35(43-45-46)32(25-49)28-10-6-5-7-11-28)53-41(26)33-22-30(52-2)18-19-36(33)47(40(41)51)23-27-14-16-29(17-15-27)48-39(50)31-12-8-9-13-34(31)44-48/h5-19,22,24,26,32,37-38,44,49H,20-21,23,25H2,1-4H3/t26-,32?,37+,38-,41+/m1/s1. The van der Waals surface area contributed by atoms with Crippen molar-refractivity contribution in [3.63, 3.8) is 0 Å². The lowest BCUT2D eigenvalue weighted by Gasteiger charge is -2.31. The number of H-pyrrole nitrogens is 1. The van der Waals surface area contributed by atoms with E-state index in [4.69, 9.17) is 9.47 Å². The van der Waals surface area contributed by atoms with Crippen LogP contribution in [0.3, 0.4) is 0 Å². The monoisotopic (exact) mass is 746 g/mol. The maximum atomic E-state index is 16.5. The number of carbonyl (C=O) groups excluding carboxylic acids is 1. The Balaban J connectivity index is 1.08. The molecule has 1 saturated heterocycles. The number of aromatic amines is 1. The third-order valence-electron chi connectivity index (χ3n) is 11.2. The molecule has 1 unspecified atom stereocenters. The fraction of sp³-hybridized carbons (Fsp3) is 0.317. The molecule has 6 aromatic rings. The number of hydrogen-bond donors (Lipinski definition) is 2. The summed E-state index contributed by atoms with van der Waals surface area (Å²) in [7, 11) is -1.83. The molecular weight excluding hydrogens is 704 g/mol. The van der Waals surface area contributed by atoms with E-state index in [-0.39, 0.29) is 30.5 Å². The lowest BCUT2D eigenvalue weighted by Crippen LogP contribution is -2.45. The molecule has 2 aliphatic heterocycles.